The summed E-state index contributed by atoms with van der Waals surface area (Å²) >= 11 is 3.60. The Morgan fingerprint density at radius 3 is 2.32 bits per heavy atom. The minimum Gasteiger partial charge on any atom is -0.455 e. The second kappa shape index (κ2) is 7.01. The Bertz CT molecular complexity index is 899. The average Bonchev–Trinajstić information content (AvgIpc) is 3.01. The van der Waals surface area contributed by atoms with Crippen LogP contribution in [0.1, 0.15) is 37.7 Å². The maximum absolute atomic E-state index is 5.91. The topological polar surface area (TPSA) is 25.5 Å². The molecule has 0 unspecified atom stereocenters. The van der Waals surface area contributed by atoms with E-state index in [2.05, 4.69) is 78.9 Å². The highest BCUT2D eigenvalue weighted by molar-refractivity contribution is 9.10. The van der Waals surface area contributed by atoms with Gasteiger partial charge in [-0.1, -0.05) is 54.9 Å². The van der Waals surface area contributed by atoms with Gasteiger partial charge in [-0.25, -0.2) is 0 Å². The zero-order valence-corrected chi connectivity index (χ0v) is 16.6. The van der Waals surface area contributed by atoms with Gasteiger partial charge in [-0.05, 0) is 59.9 Å². The molecular formula is C22H22BrNO. The average molecular weight is 396 g/mol. The van der Waals surface area contributed by atoms with Crippen LogP contribution in [0, 0.1) is 6.92 Å². The van der Waals surface area contributed by atoms with Crippen LogP contribution >= 0.6 is 15.9 Å². The first-order valence-corrected chi connectivity index (χ1v) is 9.13. The standard InChI is InChI=1S/C22H22BrNO/c1-15-5-11-19(20(23)13-15)21-12-10-18(25-21)14-24-17-8-6-16(7-9-17)22(2,3)4/h5-14H,1-4H3. The SMILES string of the molecule is Cc1ccc(-c2ccc(C=Nc3ccc(C(C)(C)C)cc3)o2)c(Br)c1. The highest BCUT2D eigenvalue weighted by atomic mass is 79.9. The smallest absolute Gasteiger partial charge is 0.145 e. The lowest BCUT2D eigenvalue weighted by Crippen LogP contribution is -2.10. The molecule has 0 radical (unpaired) electrons. The number of halogens is 1. The fourth-order valence-electron chi connectivity index (χ4n) is 2.57. The van der Waals surface area contributed by atoms with Crippen LogP contribution in [-0.2, 0) is 5.41 Å². The molecule has 0 bridgehead atoms. The summed E-state index contributed by atoms with van der Waals surface area (Å²) in [6.07, 6.45) is 1.76. The summed E-state index contributed by atoms with van der Waals surface area (Å²) in [5.41, 5.74) is 4.63. The van der Waals surface area contributed by atoms with Crippen LogP contribution in [0.3, 0.4) is 0 Å². The number of hydrogen-bond acceptors (Lipinski definition) is 2. The Balaban J connectivity index is 1.78. The molecule has 2 aromatic carbocycles. The number of benzene rings is 2. The van der Waals surface area contributed by atoms with Gasteiger partial charge in [0, 0.05) is 10.0 Å². The number of hydrogen-bond donors (Lipinski definition) is 0. The van der Waals surface area contributed by atoms with E-state index in [0.717, 1.165) is 27.2 Å². The molecule has 2 nitrogen and oxygen atoms in total. The molecule has 3 heteroatoms. The maximum atomic E-state index is 5.91. The second-order valence-corrected chi connectivity index (χ2v) is 8.09. The van der Waals surface area contributed by atoms with Crippen LogP contribution in [0.4, 0.5) is 5.69 Å². The number of furan rings is 1. The quantitative estimate of drug-likeness (QED) is 0.435. The van der Waals surface area contributed by atoms with Crippen molar-refractivity contribution in [3.63, 3.8) is 0 Å². The van der Waals surface area contributed by atoms with Gasteiger partial charge in [-0.3, -0.25) is 4.99 Å². The molecule has 3 aromatic rings. The van der Waals surface area contributed by atoms with Crippen molar-refractivity contribution in [3.8, 4) is 11.3 Å². The molecule has 3 rings (SSSR count). The number of rotatable bonds is 3. The lowest BCUT2D eigenvalue weighted by atomic mass is 9.87. The van der Waals surface area contributed by atoms with Crippen molar-refractivity contribution in [2.75, 3.05) is 0 Å². The number of aryl methyl sites for hydroxylation is 1. The molecule has 0 saturated carbocycles. The van der Waals surface area contributed by atoms with Gasteiger partial charge < -0.3 is 4.42 Å². The van der Waals surface area contributed by atoms with Gasteiger partial charge in [0.15, 0.2) is 0 Å². The minimum absolute atomic E-state index is 0.152. The highest BCUT2D eigenvalue weighted by Crippen LogP contribution is 2.30. The monoisotopic (exact) mass is 395 g/mol. The zero-order valence-electron chi connectivity index (χ0n) is 15.0. The zero-order chi connectivity index (χ0) is 18.0. The van der Waals surface area contributed by atoms with Crippen molar-refractivity contribution in [2.24, 2.45) is 4.99 Å². The first kappa shape index (κ1) is 17.7. The molecule has 0 N–H and O–H groups in total. The van der Waals surface area contributed by atoms with E-state index >= 15 is 0 Å². The summed E-state index contributed by atoms with van der Waals surface area (Å²) in [7, 11) is 0. The fourth-order valence-corrected chi connectivity index (χ4v) is 3.26. The fraction of sp³-hybridized carbons (Fsp3) is 0.227. The Labute approximate surface area is 157 Å². The molecule has 25 heavy (non-hydrogen) atoms. The lowest BCUT2D eigenvalue weighted by molar-refractivity contribution is 0.575. The van der Waals surface area contributed by atoms with Gasteiger partial charge in [0.05, 0.1) is 11.9 Å². The third-order valence-corrected chi connectivity index (χ3v) is 4.75. The van der Waals surface area contributed by atoms with Gasteiger partial charge in [-0.15, -0.1) is 0 Å². The van der Waals surface area contributed by atoms with Crippen molar-refractivity contribution < 1.29 is 4.42 Å². The van der Waals surface area contributed by atoms with Gasteiger partial charge in [0.25, 0.3) is 0 Å². The van der Waals surface area contributed by atoms with Gasteiger partial charge in [-0.2, -0.15) is 0 Å². The maximum Gasteiger partial charge on any atom is 0.145 e. The number of aliphatic imine (C=N–C) groups is 1. The summed E-state index contributed by atoms with van der Waals surface area (Å²) in [5.74, 6) is 1.57. The van der Waals surface area contributed by atoms with Gasteiger partial charge in [0.2, 0.25) is 0 Å². The molecule has 0 saturated heterocycles. The Kier molecular flexibility index (Phi) is 4.96. The van der Waals surface area contributed by atoms with Crippen LogP contribution in [0.25, 0.3) is 11.3 Å². The lowest BCUT2D eigenvalue weighted by Gasteiger charge is -2.18. The van der Waals surface area contributed by atoms with E-state index in [1.807, 2.05) is 24.3 Å². The first-order chi connectivity index (χ1) is 11.8. The van der Waals surface area contributed by atoms with E-state index in [9.17, 15) is 0 Å². The Morgan fingerprint density at radius 2 is 1.68 bits per heavy atom. The third-order valence-electron chi connectivity index (χ3n) is 4.09. The summed E-state index contributed by atoms with van der Waals surface area (Å²) in [5, 5.41) is 0. The molecule has 0 spiro atoms. The minimum atomic E-state index is 0.152. The predicted molar refractivity (Wildman–Crippen MR) is 109 cm³/mol. The predicted octanol–water partition coefficient (Wildman–Crippen LogP) is 7.07. The molecule has 128 valence electrons. The van der Waals surface area contributed by atoms with E-state index in [1.165, 1.54) is 11.1 Å². The molecule has 0 atom stereocenters. The van der Waals surface area contributed by atoms with Crippen molar-refractivity contribution in [1.82, 2.24) is 0 Å². The highest BCUT2D eigenvalue weighted by Gasteiger charge is 2.12. The van der Waals surface area contributed by atoms with E-state index in [4.69, 9.17) is 4.42 Å². The molecular weight excluding hydrogens is 374 g/mol. The number of nitrogens with zero attached hydrogens (tertiary/aromatic N) is 1. The molecule has 0 amide bonds. The molecule has 0 aliphatic rings. The molecule has 0 aliphatic heterocycles. The summed E-state index contributed by atoms with van der Waals surface area (Å²) in [4.78, 5) is 4.51. The van der Waals surface area contributed by atoms with E-state index in [1.54, 1.807) is 6.21 Å². The Hall–Kier alpha value is -2.13. The third kappa shape index (κ3) is 4.29. The van der Waals surface area contributed by atoms with E-state index in [-0.39, 0.29) is 5.41 Å². The molecule has 1 heterocycles. The van der Waals surface area contributed by atoms with Crippen LogP contribution in [0.2, 0.25) is 0 Å². The summed E-state index contributed by atoms with van der Waals surface area (Å²) in [6.45, 7) is 8.69. The normalized spacial score (nSPS) is 12.0. The van der Waals surface area contributed by atoms with Crippen molar-refractivity contribution in [2.45, 2.75) is 33.1 Å². The van der Waals surface area contributed by atoms with Gasteiger partial charge >= 0.3 is 0 Å². The van der Waals surface area contributed by atoms with Crippen LogP contribution < -0.4 is 0 Å². The van der Waals surface area contributed by atoms with Crippen LogP contribution in [0.15, 0.2) is 68.5 Å². The van der Waals surface area contributed by atoms with E-state index in [0.29, 0.717) is 0 Å². The van der Waals surface area contributed by atoms with Crippen molar-refractivity contribution in [1.29, 1.82) is 0 Å². The largest absolute Gasteiger partial charge is 0.455 e. The van der Waals surface area contributed by atoms with Crippen LogP contribution in [-0.4, -0.2) is 6.21 Å². The summed E-state index contributed by atoms with van der Waals surface area (Å²) < 4.78 is 6.94. The Morgan fingerprint density at radius 1 is 0.960 bits per heavy atom. The second-order valence-electron chi connectivity index (χ2n) is 7.24. The summed E-state index contributed by atoms with van der Waals surface area (Å²) in [6, 6.07) is 18.5. The molecule has 0 aliphatic carbocycles. The van der Waals surface area contributed by atoms with Crippen LogP contribution in [0.5, 0.6) is 0 Å². The van der Waals surface area contributed by atoms with E-state index < -0.39 is 0 Å². The first-order valence-electron chi connectivity index (χ1n) is 8.34. The van der Waals surface area contributed by atoms with Crippen molar-refractivity contribution >= 4 is 27.8 Å². The molecule has 1 aromatic heterocycles. The van der Waals surface area contributed by atoms with Gasteiger partial charge in [0.1, 0.15) is 11.5 Å². The molecule has 0 fully saturated rings. The van der Waals surface area contributed by atoms with Crippen molar-refractivity contribution in [3.05, 3.63) is 76.0 Å².